The molecular formula is C14H28N2. The topological polar surface area (TPSA) is 15.3 Å². The second kappa shape index (κ2) is 5.50. The molecule has 2 rings (SSSR count). The van der Waals surface area contributed by atoms with Gasteiger partial charge in [0, 0.05) is 19.1 Å². The van der Waals surface area contributed by atoms with Crippen molar-refractivity contribution >= 4 is 0 Å². The summed E-state index contributed by atoms with van der Waals surface area (Å²) in [4.78, 5) is 2.72. The second-order valence-electron chi connectivity index (χ2n) is 6.17. The van der Waals surface area contributed by atoms with Gasteiger partial charge >= 0.3 is 0 Å². The Balaban J connectivity index is 1.87. The van der Waals surface area contributed by atoms with Crippen LogP contribution in [-0.4, -0.2) is 37.1 Å². The van der Waals surface area contributed by atoms with Gasteiger partial charge in [-0.1, -0.05) is 26.7 Å². The van der Waals surface area contributed by atoms with Gasteiger partial charge < -0.3 is 10.2 Å². The molecule has 0 radical (unpaired) electrons. The van der Waals surface area contributed by atoms with Gasteiger partial charge in [-0.2, -0.15) is 0 Å². The maximum absolute atomic E-state index is 3.66. The number of hydrogen-bond donors (Lipinski definition) is 1. The number of rotatable bonds is 3. The van der Waals surface area contributed by atoms with Crippen molar-refractivity contribution in [2.24, 2.45) is 5.41 Å². The van der Waals surface area contributed by atoms with E-state index in [1.165, 1.54) is 64.7 Å². The highest BCUT2D eigenvalue weighted by atomic mass is 15.2. The molecule has 16 heavy (non-hydrogen) atoms. The summed E-state index contributed by atoms with van der Waals surface area (Å²) in [6, 6.07) is 0.729. The van der Waals surface area contributed by atoms with Crippen molar-refractivity contribution in [2.75, 3.05) is 26.2 Å². The van der Waals surface area contributed by atoms with Crippen LogP contribution in [0.3, 0.4) is 0 Å². The van der Waals surface area contributed by atoms with Crippen LogP contribution in [0.4, 0.5) is 0 Å². The third-order valence-electron chi connectivity index (χ3n) is 4.47. The first-order valence-corrected chi connectivity index (χ1v) is 7.18. The third kappa shape index (κ3) is 3.21. The SMILES string of the molecule is CCC1CN(CC2(C)CCCC2)CCCN1. The summed E-state index contributed by atoms with van der Waals surface area (Å²) >= 11 is 0. The molecule has 0 aromatic carbocycles. The van der Waals surface area contributed by atoms with E-state index in [2.05, 4.69) is 24.1 Å². The minimum atomic E-state index is 0.628. The monoisotopic (exact) mass is 224 g/mol. The van der Waals surface area contributed by atoms with Gasteiger partial charge in [0.15, 0.2) is 0 Å². The molecule has 0 amide bonds. The average Bonchev–Trinajstić information content (AvgIpc) is 2.56. The zero-order valence-corrected chi connectivity index (χ0v) is 11.1. The molecule has 0 spiro atoms. The van der Waals surface area contributed by atoms with Crippen molar-refractivity contribution in [1.82, 2.24) is 10.2 Å². The summed E-state index contributed by atoms with van der Waals surface area (Å²) in [5, 5.41) is 3.66. The molecule has 1 heterocycles. The number of hydrogen-bond acceptors (Lipinski definition) is 2. The van der Waals surface area contributed by atoms with Gasteiger partial charge in [0.25, 0.3) is 0 Å². The highest BCUT2D eigenvalue weighted by Crippen LogP contribution is 2.38. The van der Waals surface area contributed by atoms with E-state index in [4.69, 9.17) is 0 Å². The smallest absolute Gasteiger partial charge is 0.0192 e. The van der Waals surface area contributed by atoms with Gasteiger partial charge in [0.1, 0.15) is 0 Å². The second-order valence-corrected chi connectivity index (χ2v) is 6.17. The minimum Gasteiger partial charge on any atom is -0.313 e. The van der Waals surface area contributed by atoms with E-state index < -0.39 is 0 Å². The molecule has 2 heteroatoms. The van der Waals surface area contributed by atoms with E-state index in [0.717, 1.165) is 6.04 Å². The molecule has 1 N–H and O–H groups in total. The average molecular weight is 224 g/mol. The molecule has 1 atom stereocenters. The zero-order valence-electron chi connectivity index (χ0n) is 11.1. The molecule has 0 aromatic heterocycles. The van der Waals surface area contributed by atoms with Crippen LogP contribution >= 0.6 is 0 Å². The molecule has 1 aliphatic carbocycles. The normalized spacial score (nSPS) is 31.5. The van der Waals surface area contributed by atoms with E-state index in [1.54, 1.807) is 0 Å². The summed E-state index contributed by atoms with van der Waals surface area (Å²) in [6.07, 6.45) is 8.42. The van der Waals surface area contributed by atoms with Gasteiger partial charge in [-0.25, -0.2) is 0 Å². The quantitative estimate of drug-likeness (QED) is 0.793. The molecule has 0 bridgehead atoms. The van der Waals surface area contributed by atoms with Crippen LogP contribution in [0.25, 0.3) is 0 Å². The largest absolute Gasteiger partial charge is 0.313 e. The summed E-state index contributed by atoms with van der Waals surface area (Å²) in [6.45, 7) is 9.93. The van der Waals surface area contributed by atoms with Crippen molar-refractivity contribution in [3.05, 3.63) is 0 Å². The van der Waals surface area contributed by atoms with Crippen molar-refractivity contribution in [3.63, 3.8) is 0 Å². The molecule has 1 unspecified atom stereocenters. The Morgan fingerprint density at radius 2 is 2.00 bits per heavy atom. The number of nitrogens with zero attached hydrogens (tertiary/aromatic N) is 1. The van der Waals surface area contributed by atoms with E-state index in [1.807, 2.05) is 0 Å². The Labute approximate surface area is 101 Å². The van der Waals surface area contributed by atoms with E-state index in [9.17, 15) is 0 Å². The molecule has 2 fully saturated rings. The Bertz CT molecular complexity index is 209. The van der Waals surface area contributed by atoms with E-state index >= 15 is 0 Å². The molecular weight excluding hydrogens is 196 g/mol. The standard InChI is InChI=1S/C14H28N2/c1-3-13-11-16(10-6-9-15-13)12-14(2)7-4-5-8-14/h13,15H,3-12H2,1-2H3. The zero-order chi connectivity index (χ0) is 11.4. The molecule has 2 aliphatic rings. The summed E-state index contributed by atoms with van der Waals surface area (Å²) in [7, 11) is 0. The maximum atomic E-state index is 3.66. The highest BCUT2D eigenvalue weighted by Gasteiger charge is 2.31. The van der Waals surface area contributed by atoms with E-state index in [0.29, 0.717) is 5.41 Å². The molecule has 2 nitrogen and oxygen atoms in total. The highest BCUT2D eigenvalue weighted by molar-refractivity contribution is 4.86. The minimum absolute atomic E-state index is 0.628. The molecule has 1 saturated carbocycles. The van der Waals surface area contributed by atoms with Crippen LogP contribution in [-0.2, 0) is 0 Å². The van der Waals surface area contributed by atoms with Crippen LogP contribution in [0.2, 0.25) is 0 Å². The number of nitrogens with one attached hydrogen (secondary N) is 1. The van der Waals surface area contributed by atoms with Gasteiger partial charge in [-0.15, -0.1) is 0 Å². The van der Waals surface area contributed by atoms with Crippen LogP contribution in [0.1, 0.15) is 52.4 Å². The summed E-state index contributed by atoms with van der Waals surface area (Å²) in [5.74, 6) is 0. The Morgan fingerprint density at radius 1 is 1.25 bits per heavy atom. The molecule has 1 aliphatic heterocycles. The Morgan fingerprint density at radius 3 is 2.69 bits per heavy atom. The lowest BCUT2D eigenvalue weighted by molar-refractivity contribution is 0.164. The first-order chi connectivity index (χ1) is 7.72. The fourth-order valence-electron chi connectivity index (χ4n) is 3.42. The van der Waals surface area contributed by atoms with Crippen molar-refractivity contribution in [3.8, 4) is 0 Å². The fraction of sp³-hybridized carbons (Fsp3) is 1.00. The van der Waals surface area contributed by atoms with E-state index in [-0.39, 0.29) is 0 Å². The summed E-state index contributed by atoms with van der Waals surface area (Å²) < 4.78 is 0. The lowest BCUT2D eigenvalue weighted by Crippen LogP contribution is -2.41. The molecule has 0 aromatic rings. The van der Waals surface area contributed by atoms with Crippen LogP contribution < -0.4 is 5.32 Å². The van der Waals surface area contributed by atoms with Gasteiger partial charge in [-0.05, 0) is 44.2 Å². The van der Waals surface area contributed by atoms with Gasteiger partial charge in [0.05, 0.1) is 0 Å². The third-order valence-corrected chi connectivity index (χ3v) is 4.47. The first-order valence-electron chi connectivity index (χ1n) is 7.18. The van der Waals surface area contributed by atoms with Crippen LogP contribution in [0.5, 0.6) is 0 Å². The first kappa shape index (κ1) is 12.4. The van der Waals surface area contributed by atoms with Crippen LogP contribution in [0, 0.1) is 5.41 Å². The van der Waals surface area contributed by atoms with Crippen molar-refractivity contribution in [1.29, 1.82) is 0 Å². The van der Waals surface area contributed by atoms with Crippen LogP contribution in [0.15, 0.2) is 0 Å². The van der Waals surface area contributed by atoms with Crippen molar-refractivity contribution < 1.29 is 0 Å². The lowest BCUT2D eigenvalue weighted by Gasteiger charge is -2.33. The Kier molecular flexibility index (Phi) is 4.26. The fourth-order valence-corrected chi connectivity index (χ4v) is 3.42. The predicted octanol–water partition coefficient (Wildman–Crippen LogP) is 2.64. The maximum Gasteiger partial charge on any atom is 0.0192 e. The molecule has 1 saturated heterocycles. The lowest BCUT2D eigenvalue weighted by atomic mass is 9.88. The Hall–Kier alpha value is -0.0800. The molecule has 94 valence electrons. The van der Waals surface area contributed by atoms with Gasteiger partial charge in [-0.3, -0.25) is 0 Å². The predicted molar refractivity (Wildman–Crippen MR) is 69.7 cm³/mol. The van der Waals surface area contributed by atoms with Gasteiger partial charge in [0.2, 0.25) is 0 Å². The summed E-state index contributed by atoms with van der Waals surface area (Å²) in [5.41, 5.74) is 0.628. The van der Waals surface area contributed by atoms with Crippen molar-refractivity contribution in [2.45, 2.75) is 58.4 Å².